The molecule has 1 aliphatic heterocycles. The number of hydrogen-bond acceptors (Lipinski definition) is 3. The summed E-state index contributed by atoms with van der Waals surface area (Å²) in [5.74, 6) is 0.820. The molecule has 20 heavy (non-hydrogen) atoms. The van der Waals surface area contributed by atoms with Crippen LogP contribution in [0.4, 0.5) is 0 Å². The van der Waals surface area contributed by atoms with Gasteiger partial charge >= 0.3 is 0 Å². The molecule has 1 aromatic carbocycles. The molecule has 1 amide bonds. The van der Waals surface area contributed by atoms with Crippen LogP contribution in [0.5, 0.6) is 5.75 Å². The van der Waals surface area contributed by atoms with Crippen LogP contribution < -0.4 is 4.74 Å². The lowest BCUT2D eigenvalue weighted by Crippen LogP contribution is -2.44. The average molecular weight is 277 g/mol. The molecule has 0 radical (unpaired) electrons. The maximum atomic E-state index is 12.4. The molecule has 1 fully saturated rings. The first kappa shape index (κ1) is 14.9. The van der Waals surface area contributed by atoms with E-state index in [0.29, 0.717) is 5.56 Å². The van der Waals surface area contributed by atoms with E-state index in [9.17, 15) is 9.90 Å². The standard InChI is InChI=1S/C16H23NO3/c1-3-16(12-18)8-10-17(11-9-16)15(19)13-4-6-14(20-2)7-5-13/h4-7,18H,3,8-12H2,1-2H3. The quantitative estimate of drug-likeness (QED) is 0.919. The lowest BCUT2D eigenvalue weighted by Gasteiger charge is -2.40. The number of methoxy groups -OCH3 is 1. The lowest BCUT2D eigenvalue weighted by molar-refractivity contribution is 0.0338. The third kappa shape index (κ3) is 2.96. The maximum Gasteiger partial charge on any atom is 0.253 e. The smallest absolute Gasteiger partial charge is 0.253 e. The first-order chi connectivity index (χ1) is 9.64. The van der Waals surface area contributed by atoms with Crippen LogP contribution in [0.3, 0.4) is 0 Å². The summed E-state index contributed by atoms with van der Waals surface area (Å²) < 4.78 is 5.10. The van der Waals surface area contributed by atoms with Crippen molar-refractivity contribution in [2.24, 2.45) is 5.41 Å². The summed E-state index contributed by atoms with van der Waals surface area (Å²) >= 11 is 0. The first-order valence-corrected chi connectivity index (χ1v) is 7.18. The molecule has 1 saturated heterocycles. The van der Waals surface area contributed by atoms with Gasteiger partial charge in [-0.15, -0.1) is 0 Å². The van der Waals surface area contributed by atoms with Crippen molar-refractivity contribution in [3.63, 3.8) is 0 Å². The topological polar surface area (TPSA) is 49.8 Å². The molecule has 0 aliphatic carbocycles. The van der Waals surface area contributed by atoms with Crippen molar-refractivity contribution < 1.29 is 14.6 Å². The molecule has 0 unspecified atom stereocenters. The third-order valence-electron chi connectivity index (χ3n) is 4.53. The number of benzene rings is 1. The zero-order valence-electron chi connectivity index (χ0n) is 12.3. The summed E-state index contributed by atoms with van der Waals surface area (Å²) in [7, 11) is 1.61. The number of nitrogens with zero attached hydrogens (tertiary/aromatic N) is 1. The molecule has 0 atom stereocenters. The van der Waals surface area contributed by atoms with Gasteiger partial charge in [-0.2, -0.15) is 0 Å². The summed E-state index contributed by atoms with van der Waals surface area (Å²) in [6.45, 7) is 3.77. The summed E-state index contributed by atoms with van der Waals surface area (Å²) in [5, 5.41) is 9.52. The van der Waals surface area contributed by atoms with Gasteiger partial charge in [0.25, 0.3) is 5.91 Å². The Labute approximate surface area is 120 Å². The van der Waals surface area contributed by atoms with Crippen molar-refractivity contribution in [3.8, 4) is 5.75 Å². The normalized spacial score (nSPS) is 17.9. The Morgan fingerprint density at radius 3 is 2.35 bits per heavy atom. The molecule has 0 spiro atoms. The second kappa shape index (κ2) is 6.27. The number of carbonyl (C=O) groups excluding carboxylic acids is 1. The van der Waals surface area contributed by atoms with Gasteiger partial charge in [0, 0.05) is 25.3 Å². The molecule has 4 nitrogen and oxygen atoms in total. The predicted octanol–water partition coefficient (Wildman–Crippen LogP) is 2.32. The Kier molecular flexibility index (Phi) is 4.65. The van der Waals surface area contributed by atoms with Gasteiger partial charge in [0.15, 0.2) is 0 Å². The van der Waals surface area contributed by atoms with E-state index in [1.165, 1.54) is 0 Å². The van der Waals surface area contributed by atoms with Crippen LogP contribution in [0.25, 0.3) is 0 Å². The highest BCUT2D eigenvalue weighted by atomic mass is 16.5. The highest BCUT2D eigenvalue weighted by Crippen LogP contribution is 2.34. The number of ether oxygens (including phenoxy) is 1. The molecule has 0 saturated carbocycles. The molecule has 0 aromatic heterocycles. The van der Waals surface area contributed by atoms with Crippen LogP contribution in [0, 0.1) is 5.41 Å². The van der Waals surface area contributed by atoms with Crippen LogP contribution in [0.2, 0.25) is 0 Å². The highest BCUT2D eigenvalue weighted by molar-refractivity contribution is 5.94. The Morgan fingerprint density at radius 2 is 1.90 bits per heavy atom. The van der Waals surface area contributed by atoms with Crippen molar-refractivity contribution >= 4 is 5.91 Å². The number of rotatable bonds is 4. The summed E-state index contributed by atoms with van der Waals surface area (Å²) in [5.41, 5.74) is 0.704. The number of likely N-dealkylation sites (tertiary alicyclic amines) is 1. The molecule has 110 valence electrons. The van der Waals surface area contributed by atoms with Crippen LogP contribution in [-0.2, 0) is 0 Å². The predicted molar refractivity (Wildman–Crippen MR) is 77.9 cm³/mol. The summed E-state index contributed by atoms with van der Waals surface area (Å²) in [6.07, 6.45) is 2.72. The molecule has 4 heteroatoms. The number of aliphatic hydroxyl groups is 1. The number of aliphatic hydroxyl groups excluding tert-OH is 1. The van der Waals surface area contributed by atoms with E-state index < -0.39 is 0 Å². The Balaban J connectivity index is 2.00. The fourth-order valence-electron chi connectivity index (χ4n) is 2.72. The summed E-state index contributed by atoms with van der Waals surface area (Å²) in [4.78, 5) is 14.3. The average Bonchev–Trinajstić information content (AvgIpc) is 2.54. The van der Waals surface area contributed by atoms with Crippen molar-refractivity contribution in [3.05, 3.63) is 29.8 Å². The second-order valence-electron chi connectivity index (χ2n) is 5.53. The monoisotopic (exact) mass is 277 g/mol. The largest absolute Gasteiger partial charge is 0.497 e. The van der Waals surface area contributed by atoms with Gasteiger partial charge in [-0.05, 0) is 48.9 Å². The van der Waals surface area contributed by atoms with E-state index in [1.807, 2.05) is 4.90 Å². The lowest BCUT2D eigenvalue weighted by atomic mass is 9.77. The Morgan fingerprint density at radius 1 is 1.30 bits per heavy atom. The Bertz CT molecular complexity index is 441. The highest BCUT2D eigenvalue weighted by Gasteiger charge is 2.34. The van der Waals surface area contributed by atoms with Gasteiger partial charge in [0.2, 0.25) is 0 Å². The van der Waals surface area contributed by atoms with Gasteiger partial charge < -0.3 is 14.7 Å². The van der Waals surface area contributed by atoms with Crippen LogP contribution >= 0.6 is 0 Å². The van der Waals surface area contributed by atoms with Gasteiger partial charge in [-0.25, -0.2) is 0 Å². The molecule has 2 rings (SSSR count). The maximum absolute atomic E-state index is 12.4. The third-order valence-corrected chi connectivity index (χ3v) is 4.53. The van der Waals surface area contributed by atoms with E-state index in [-0.39, 0.29) is 17.9 Å². The van der Waals surface area contributed by atoms with E-state index in [0.717, 1.165) is 38.1 Å². The van der Waals surface area contributed by atoms with Crippen LogP contribution in [0.15, 0.2) is 24.3 Å². The molecule has 1 aromatic rings. The fourth-order valence-corrected chi connectivity index (χ4v) is 2.72. The molecule has 0 bridgehead atoms. The molecule has 1 aliphatic rings. The van der Waals surface area contributed by atoms with Crippen LogP contribution in [0.1, 0.15) is 36.5 Å². The van der Waals surface area contributed by atoms with Crippen molar-refractivity contribution in [2.75, 3.05) is 26.8 Å². The van der Waals surface area contributed by atoms with E-state index >= 15 is 0 Å². The van der Waals surface area contributed by atoms with E-state index in [4.69, 9.17) is 4.74 Å². The van der Waals surface area contributed by atoms with Crippen molar-refractivity contribution in [1.82, 2.24) is 4.90 Å². The minimum absolute atomic E-state index is 0.0106. The zero-order chi connectivity index (χ0) is 14.6. The number of hydrogen-bond donors (Lipinski definition) is 1. The summed E-state index contributed by atoms with van der Waals surface area (Å²) in [6, 6.07) is 7.21. The number of amides is 1. The van der Waals surface area contributed by atoms with Crippen molar-refractivity contribution in [2.45, 2.75) is 26.2 Å². The molecule has 1 heterocycles. The first-order valence-electron chi connectivity index (χ1n) is 7.18. The fraction of sp³-hybridized carbons (Fsp3) is 0.562. The molecular weight excluding hydrogens is 254 g/mol. The number of piperidine rings is 1. The number of carbonyl (C=O) groups is 1. The van der Waals surface area contributed by atoms with Crippen LogP contribution in [-0.4, -0.2) is 42.7 Å². The van der Waals surface area contributed by atoms with E-state index in [1.54, 1.807) is 31.4 Å². The Hall–Kier alpha value is -1.55. The van der Waals surface area contributed by atoms with Crippen molar-refractivity contribution in [1.29, 1.82) is 0 Å². The second-order valence-corrected chi connectivity index (χ2v) is 5.53. The minimum atomic E-state index is 0.0106. The molecular formula is C16H23NO3. The minimum Gasteiger partial charge on any atom is -0.497 e. The molecule has 1 N–H and O–H groups in total. The van der Waals surface area contributed by atoms with Gasteiger partial charge in [0.05, 0.1) is 7.11 Å². The van der Waals surface area contributed by atoms with Gasteiger partial charge in [-0.3, -0.25) is 4.79 Å². The van der Waals surface area contributed by atoms with Gasteiger partial charge in [-0.1, -0.05) is 6.92 Å². The van der Waals surface area contributed by atoms with E-state index in [2.05, 4.69) is 6.92 Å². The van der Waals surface area contributed by atoms with Gasteiger partial charge in [0.1, 0.15) is 5.75 Å². The SMILES string of the molecule is CCC1(CO)CCN(C(=O)c2ccc(OC)cc2)CC1. The zero-order valence-corrected chi connectivity index (χ0v) is 12.3.